The Balaban J connectivity index is 2.21. The largest absolute Gasteiger partial charge is 0.398 e. The van der Waals surface area contributed by atoms with Gasteiger partial charge in [-0.2, -0.15) is 0 Å². The van der Waals surface area contributed by atoms with E-state index in [1.54, 1.807) is 0 Å². The van der Waals surface area contributed by atoms with Crippen molar-refractivity contribution in [1.29, 1.82) is 0 Å². The molecule has 6 heteroatoms. The zero-order chi connectivity index (χ0) is 13.4. The molecule has 18 heavy (non-hydrogen) atoms. The normalized spacial score (nSPS) is 17.7. The Morgan fingerprint density at radius 1 is 1.44 bits per heavy atom. The Kier molecular flexibility index (Phi) is 3.33. The molecule has 100 valence electrons. The number of anilines is 1. The molecule has 0 aromatic heterocycles. The van der Waals surface area contributed by atoms with Crippen LogP contribution in [-0.2, 0) is 10.0 Å². The second kappa shape index (κ2) is 4.51. The zero-order valence-corrected chi connectivity index (χ0v) is 11.1. The van der Waals surface area contributed by atoms with Gasteiger partial charge in [-0.1, -0.05) is 13.0 Å². The Labute approximate surface area is 106 Å². The maximum absolute atomic E-state index is 13.6. The first-order valence-corrected chi connectivity index (χ1v) is 7.42. The quantitative estimate of drug-likeness (QED) is 0.804. The number of nitrogens with one attached hydrogen (secondary N) is 1. The molecule has 0 aliphatic heterocycles. The summed E-state index contributed by atoms with van der Waals surface area (Å²) in [7, 11) is -3.87. The number of halogens is 1. The minimum Gasteiger partial charge on any atom is -0.398 e. The average molecular weight is 272 g/mol. The van der Waals surface area contributed by atoms with Gasteiger partial charge in [0.15, 0.2) is 0 Å². The van der Waals surface area contributed by atoms with Gasteiger partial charge in [0.05, 0.1) is 5.69 Å². The Morgan fingerprint density at radius 2 is 2.11 bits per heavy atom. The highest BCUT2D eigenvalue weighted by molar-refractivity contribution is 7.89. The van der Waals surface area contributed by atoms with Gasteiger partial charge in [0.1, 0.15) is 10.7 Å². The van der Waals surface area contributed by atoms with E-state index in [2.05, 4.69) is 4.72 Å². The van der Waals surface area contributed by atoms with Crippen LogP contribution in [0.15, 0.2) is 23.1 Å². The van der Waals surface area contributed by atoms with Crippen LogP contribution in [0.1, 0.15) is 26.2 Å². The summed E-state index contributed by atoms with van der Waals surface area (Å²) in [5.74, 6) is -0.816. The first kappa shape index (κ1) is 13.3. The lowest BCUT2D eigenvalue weighted by molar-refractivity contribution is 0.474. The predicted octanol–water partition coefficient (Wildman–Crippen LogP) is 1.88. The smallest absolute Gasteiger partial charge is 0.245 e. The van der Waals surface area contributed by atoms with Crippen LogP contribution in [0.25, 0.3) is 0 Å². The summed E-state index contributed by atoms with van der Waals surface area (Å²) >= 11 is 0. The van der Waals surface area contributed by atoms with E-state index in [4.69, 9.17) is 5.73 Å². The summed E-state index contributed by atoms with van der Waals surface area (Å²) in [6, 6.07) is 3.86. The number of hydrogen-bond donors (Lipinski definition) is 2. The van der Waals surface area contributed by atoms with Crippen molar-refractivity contribution in [3.05, 3.63) is 24.0 Å². The molecule has 0 amide bonds. The predicted molar refractivity (Wildman–Crippen MR) is 68.0 cm³/mol. The highest BCUT2D eigenvalue weighted by atomic mass is 32.2. The fourth-order valence-corrected chi connectivity index (χ4v) is 3.31. The number of sulfonamides is 1. The number of nitrogens with two attached hydrogens (primary N) is 1. The summed E-state index contributed by atoms with van der Waals surface area (Å²) in [5, 5.41) is 0. The Bertz CT molecular complexity index is 533. The Hall–Kier alpha value is -1.14. The highest BCUT2D eigenvalue weighted by Crippen LogP contribution is 2.48. The van der Waals surface area contributed by atoms with E-state index in [1.807, 2.05) is 6.92 Å². The Morgan fingerprint density at radius 3 is 2.61 bits per heavy atom. The van der Waals surface area contributed by atoms with Crippen molar-refractivity contribution in [2.75, 3.05) is 12.3 Å². The molecule has 1 aliphatic carbocycles. The van der Waals surface area contributed by atoms with Crippen molar-refractivity contribution < 1.29 is 12.8 Å². The molecule has 4 nitrogen and oxygen atoms in total. The average Bonchev–Trinajstić information content (AvgIpc) is 3.07. The van der Waals surface area contributed by atoms with Crippen molar-refractivity contribution in [2.45, 2.75) is 31.1 Å². The van der Waals surface area contributed by atoms with Crippen LogP contribution in [0.3, 0.4) is 0 Å². The topological polar surface area (TPSA) is 72.2 Å². The monoisotopic (exact) mass is 272 g/mol. The fraction of sp³-hybridized carbons (Fsp3) is 0.500. The van der Waals surface area contributed by atoms with Crippen molar-refractivity contribution >= 4 is 15.7 Å². The number of nitrogen functional groups attached to an aromatic ring is 1. The van der Waals surface area contributed by atoms with Crippen LogP contribution in [0.2, 0.25) is 0 Å². The number of rotatable bonds is 5. The lowest BCUT2D eigenvalue weighted by Crippen LogP contribution is -2.31. The third kappa shape index (κ3) is 2.49. The highest BCUT2D eigenvalue weighted by Gasteiger charge is 2.41. The second-order valence-corrected chi connectivity index (χ2v) is 6.54. The summed E-state index contributed by atoms with van der Waals surface area (Å²) in [4.78, 5) is -0.447. The van der Waals surface area contributed by atoms with E-state index in [0.29, 0.717) is 6.54 Å². The first-order valence-electron chi connectivity index (χ1n) is 5.94. The molecule has 0 heterocycles. The summed E-state index contributed by atoms with van der Waals surface area (Å²) < 4.78 is 40.1. The molecule has 1 fully saturated rings. The maximum Gasteiger partial charge on any atom is 0.245 e. The summed E-state index contributed by atoms with van der Waals surface area (Å²) in [6.45, 7) is 2.37. The SMILES string of the molecule is CCC1(CNS(=O)(=O)c2c(N)cccc2F)CC1. The van der Waals surface area contributed by atoms with E-state index in [1.165, 1.54) is 12.1 Å². The maximum atomic E-state index is 13.6. The van der Waals surface area contributed by atoms with Crippen molar-refractivity contribution in [2.24, 2.45) is 5.41 Å². The standard InChI is InChI=1S/C12H17FN2O2S/c1-2-12(6-7-12)8-15-18(16,17)11-9(13)4-3-5-10(11)14/h3-5,15H,2,6-8,14H2,1H3. The zero-order valence-electron chi connectivity index (χ0n) is 10.2. The second-order valence-electron chi connectivity index (χ2n) is 4.84. The van der Waals surface area contributed by atoms with Crippen LogP contribution < -0.4 is 10.5 Å². The molecule has 1 aliphatic rings. The van der Waals surface area contributed by atoms with Crippen molar-refractivity contribution in [1.82, 2.24) is 4.72 Å². The van der Waals surface area contributed by atoms with E-state index in [-0.39, 0.29) is 11.1 Å². The van der Waals surface area contributed by atoms with Crippen molar-refractivity contribution in [3.8, 4) is 0 Å². The molecule has 0 unspecified atom stereocenters. The fourth-order valence-electron chi connectivity index (χ4n) is 1.96. The van der Waals surface area contributed by atoms with Gasteiger partial charge in [0.25, 0.3) is 0 Å². The number of hydrogen-bond acceptors (Lipinski definition) is 3. The van der Waals surface area contributed by atoms with Crippen molar-refractivity contribution in [3.63, 3.8) is 0 Å². The van der Waals surface area contributed by atoms with Crippen LogP contribution >= 0.6 is 0 Å². The molecule has 0 spiro atoms. The molecule has 1 saturated carbocycles. The minimum absolute atomic E-state index is 0.0626. The number of benzene rings is 1. The molecule has 2 rings (SSSR count). The van der Waals surface area contributed by atoms with Gasteiger partial charge < -0.3 is 5.73 Å². The van der Waals surface area contributed by atoms with Gasteiger partial charge in [-0.25, -0.2) is 17.5 Å². The summed E-state index contributed by atoms with van der Waals surface area (Å²) in [5.41, 5.74) is 5.53. The molecule has 0 radical (unpaired) electrons. The van der Waals surface area contributed by atoms with Gasteiger partial charge in [0, 0.05) is 6.54 Å². The van der Waals surface area contributed by atoms with E-state index >= 15 is 0 Å². The molecule has 0 bridgehead atoms. The van der Waals surface area contributed by atoms with Gasteiger partial charge in [-0.15, -0.1) is 0 Å². The van der Waals surface area contributed by atoms with Gasteiger partial charge in [-0.05, 0) is 36.8 Å². The first-order chi connectivity index (χ1) is 8.40. The third-order valence-electron chi connectivity index (χ3n) is 3.61. The molecular formula is C12H17FN2O2S. The van der Waals surface area contributed by atoms with Crippen LogP contribution in [0.4, 0.5) is 10.1 Å². The lowest BCUT2D eigenvalue weighted by atomic mass is 10.1. The van der Waals surface area contributed by atoms with E-state index in [0.717, 1.165) is 25.3 Å². The van der Waals surface area contributed by atoms with Gasteiger partial charge >= 0.3 is 0 Å². The van der Waals surface area contributed by atoms with E-state index < -0.39 is 20.7 Å². The van der Waals surface area contributed by atoms with Crippen LogP contribution in [-0.4, -0.2) is 15.0 Å². The van der Waals surface area contributed by atoms with Gasteiger partial charge in [0.2, 0.25) is 10.0 Å². The lowest BCUT2D eigenvalue weighted by Gasteiger charge is -2.15. The third-order valence-corrected chi connectivity index (χ3v) is 5.10. The van der Waals surface area contributed by atoms with Crippen LogP contribution in [0, 0.1) is 11.2 Å². The molecule has 1 aromatic carbocycles. The van der Waals surface area contributed by atoms with E-state index in [9.17, 15) is 12.8 Å². The molecular weight excluding hydrogens is 255 g/mol. The molecule has 1 aromatic rings. The summed E-state index contributed by atoms with van der Waals surface area (Å²) in [6.07, 6.45) is 2.94. The van der Waals surface area contributed by atoms with Gasteiger partial charge in [-0.3, -0.25) is 0 Å². The van der Waals surface area contributed by atoms with Crippen LogP contribution in [0.5, 0.6) is 0 Å². The minimum atomic E-state index is -3.87. The molecule has 3 N–H and O–H groups in total. The molecule has 0 atom stereocenters. The molecule has 0 saturated heterocycles.